The second-order valence-electron chi connectivity index (χ2n) is 5.08. The van der Waals surface area contributed by atoms with Crippen molar-refractivity contribution in [3.05, 3.63) is 29.6 Å². The molecule has 0 N–H and O–H groups in total. The molecule has 92 valence electrons. The number of benzene rings is 1. The summed E-state index contributed by atoms with van der Waals surface area (Å²) in [4.78, 5) is 5.03. The number of aromatic nitrogens is 2. The van der Waals surface area contributed by atoms with Crippen molar-refractivity contribution in [2.24, 2.45) is 5.92 Å². The van der Waals surface area contributed by atoms with Crippen molar-refractivity contribution < 1.29 is 0 Å². The molecule has 2 aromatic rings. The average molecular weight is 295 g/mol. The third kappa shape index (κ3) is 2.54. The zero-order valence-electron chi connectivity index (χ0n) is 10.9. The topological polar surface area (TPSA) is 17.8 Å². The van der Waals surface area contributed by atoms with Crippen LogP contribution in [-0.4, -0.2) is 9.55 Å². The summed E-state index contributed by atoms with van der Waals surface area (Å²) < 4.78 is 2.33. The smallest absolute Gasteiger partial charge is 0.123 e. The minimum atomic E-state index is 0.286. The Bertz CT molecular complexity index is 526. The number of nitrogens with zero attached hydrogens (tertiary/aromatic N) is 2. The van der Waals surface area contributed by atoms with Gasteiger partial charge in [0.15, 0.2) is 0 Å². The van der Waals surface area contributed by atoms with Crippen molar-refractivity contribution in [3.63, 3.8) is 0 Å². The van der Waals surface area contributed by atoms with Gasteiger partial charge in [-0.25, -0.2) is 4.98 Å². The Kier molecular flexibility index (Phi) is 3.57. The van der Waals surface area contributed by atoms with Gasteiger partial charge in [0.05, 0.1) is 15.9 Å². The Morgan fingerprint density at radius 2 is 2.00 bits per heavy atom. The van der Waals surface area contributed by atoms with Gasteiger partial charge in [0.2, 0.25) is 0 Å². The molecule has 0 fully saturated rings. The SMILES string of the molecule is Cc1ccc2c(c1)nc(C(C)Br)n2CC(C)C. The molecule has 0 aliphatic rings. The lowest BCUT2D eigenvalue weighted by Gasteiger charge is -2.12. The summed E-state index contributed by atoms with van der Waals surface area (Å²) in [6.07, 6.45) is 0. The zero-order chi connectivity index (χ0) is 12.6. The molecule has 1 aromatic heterocycles. The number of hydrogen-bond donors (Lipinski definition) is 0. The molecular weight excluding hydrogens is 276 g/mol. The summed E-state index contributed by atoms with van der Waals surface area (Å²) in [5, 5.41) is 0. The lowest BCUT2D eigenvalue weighted by Crippen LogP contribution is -2.08. The molecule has 1 unspecified atom stereocenters. The third-order valence-electron chi connectivity index (χ3n) is 2.84. The van der Waals surface area contributed by atoms with Crippen LogP contribution in [0.3, 0.4) is 0 Å². The van der Waals surface area contributed by atoms with E-state index in [-0.39, 0.29) is 4.83 Å². The predicted molar refractivity (Wildman–Crippen MR) is 76.7 cm³/mol. The van der Waals surface area contributed by atoms with Crippen LogP contribution in [0.25, 0.3) is 11.0 Å². The standard InChI is InChI=1S/C14H19BrN2/c1-9(2)8-17-13-6-5-10(3)7-12(13)16-14(17)11(4)15/h5-7,9,11H,8H2,1-4H3. The molecule has 0 aliphatic carbocycles. The van der Waals surface area contributed by atoms with Crippen molar-refractivity contribution in [2.45, 2.75) is 39.1 Å². The van der Waals surface area contributed by atoms with Gasteiger partial charge in [-0.3, -0.25) is 0 Å². The quantitative estimate of drug-likeness (QED) is 0.765. The molecule has 0 aliphatic heterocycles. The lowest BCUT2D eigenvalue weighted by molar-refractivity contribution is 0.518. The lowest BCUT2D eigenvalue weighted by atomic mass is 10.2. The van der Waals surface area contributed by atoms with E-state index in [0.717, 1.165) is 17.9 Å². The Balaban J connectivity index is 2.62. The van der Waals surface area contributed by atoms with Crippen molar-refractivity contribution >= 4 is 27.0 Å². The minimum absolute atomic E-state index is 0.286. The van der Waals surface area contributed by atoms with E-state index in [2.05, 4.69) is 66.4 Å². The fraction of sp³-hybridized carbons (Fsp3) is 0.500. The highest BCUT2D eigenvalue weighted by Gasteiger charge is 2.15. The number of hydrogen-bond acceptors (Lipinski definition) is 1. The largest absolute Gasteiger partial charge is 0.327 e. The van der Waals surface area contributed by atoms with Gasteiger partial charge in [0.1, 0.15) is 5.82 Å². The van der Waals surface area contributed by atoms with E-state index in [1.165, 1.54) is 11.1 Å². The molecule has 0 radical (unpaired) electrons. The minimum Gasteiger partial charge on any atom is -0.327 e. The first kappa shape index (κ1) is 12.6. The third-order valence-corrected chi connectivity index (χ3v) is 3.25. The van der Waals surface area contributed by atoms with E-state index in [1.807, 2.05) is 0 Å². The number of alkyl halides is 1. The van der Waals surface area contributed by atoms with Crippen LogP contribution in [0.15, 0.2) is 18.2 Å². The summed E-state index contributed by atoms with van der Waals surface area (Å²) in [5.41, 5.74) is 3.61. The molecule has 3 heteroatoms. The maximum Gasteiger partial charge on any atom is 0.123 e. The highest BCUT2D eigenvalue weighted by Crippen LogP contribution is 2.27. The van der Waals surface area contributed by atoms with Crippen LogP contribution in [0.2, 0.25) is 0 Å². The zero-order valence-corrected chi connectivity index (χ0v) is 12.5. The second kappa shape index (κ2) is 4.81. The normalized spacial score (nSPS) is 13.5. The molecular formula is C14H19BrN2. The maximum absolute atomic E-state index is 4.74. The Labute approximate surface area is 111 Å². The molecule has 2 rings (SSSR count). The van der Waals surface area contributed by atoms with Gasteiger partial charge in [-0.15, -0.1) is 0 Å². The second-order valence-corrected chi connectivity index (χ2v) is 6.46. The molecule has 1 atom stereocenters. The number of halogens is 1. The molecule has 0 spiro atoms. The molecule has 0 bridgehead atoms. The molecule has 17 heavy (non-hydrogen) atoms. The molecule has 2 nitrogen and oxygen atoms in total. The van der Waals surface area contributed by atoms with E-state index in [1.54, 1.807) is 0 Å². The molecule has 0 saturated heterocycles. The summed E-state index contributed by atoms with van der Waals surface area (Å²) in [7, 11) is 0. The molecule has 0 saturated carbocycles. The van der Waals surface area contributed by atoms with Crippen LogP contribution in [0.5, 0.6) is 0 Å². The van der Waals surface area contributed by atoms with Crippen LogP contribution >= 0.6 is 15.9 Å². The molecule has 1 aromatic carbocycles. The Morgan fingerprint density at radius 1 is 1.29 bits per heavy atom. The van der Waals surface area contributed by atoms with Crippen molar-refractivity contribution in [3.8, 4) is 0 Å². The first-order chi connectivity index (χ1) is 7.99. The summed E-state index contributed by atoms with van der Waals surface area (Å²) in [6.45, 7) is 9.74. The van der Waals surface area contributed by atoms with Gasteiger partial charge in [-0.05, 0) is 37.5 Å². The summed E-state index contributed by atoms with van der Waals surface area (Å²) in [5.74, 6) is 1.75. The first-order valence-corrected chi connectivity index (χ1v) is 7.01. The number of aryl methyl sites for hydroxylation is 1. The van der Waals surface area contributed by atoms with Crippen molar-refractivity contribution in [1.82, 2.24) is 9.55 Å². The molecule has 0 amide bonds. The van der Waals surface area contributed by atoms with E-state index >= 15 is 0 Å². The highest BCUT2D eigenvalue weighted by atomic mass is 79.9. The van der Waals surface area contributed by atoms with E-state index in [9.17, 15) is 0 Å². The summed E-state index contributed by atoms with van der Waals surface area (Å²) >= 11 is 3.64. The monoisotopic (exact) mass is 294 g/mol. The summed E-state index contributed by atoms with van der Waals surface area (Å²) in [6, 6.07) is 6.49. The van der Waals surface area contributed by atoms with E-state index < -0.39 is 0 Å². The number of fused-ring (bicyclic) bond motifs is 1. The van der Waals surface area contributed by atoms with E-state index in [0.29, 0.717) is 5.92 Å². The fourth-order valence-electron chi connectivity index (χ4n) is 2.12. The highest BCUT2D eigenvalue weighted by molar-refractivity contribution is 9.09. The van der Waals surface area contributed by atoms with Crippen LogP contribution in [0, 0.1) is 12.8 Å². The van der Waals surface area contributed by atoms with Gasteiger partial charge in [0, 0.05) is 6.54 Å². The van der Waals surface area contributed by atoms with E-state index in [4.69, 9.17) is 4.98 Å². The van der Waals surface area contributed by atoms with Gasteiger partial charge >= 0.3 is 0 Å². The maximum atomic E-state index is 4.74. The van der Waals surface area contributed by atoms with Crippen molar-refractivity contribution in [1.29, 1.82) is 0 Å². The van der Waals surface area contributed by atoms with Gasteiger partial charge in [-0.2, -0.15) is 0 Å². The first-order valence-electron chi connectivity index (χ1n) is 6.10. The van der Waals surface area contributed by atoms with Crippen LogP contribution in [0.1, 0.15) is 37.0 Å². The number of rotatable bonds is 3. The molecule has 1 heterocycles. The average Bonchev–Trinajstić information content (AvgIpc) is 2.55. The van der Waals surface area contributed by atoms with Gasteiger partial charge in [0.25, 0.3) is 0 Å². The van der Waals surface area contributed by atoms with Crippen LogP contribution in [-0.2, 0) is 6.54 Å². The Morgan fingerprint density at radius 3 is 2.59 bits per heavy atom. The van der Waals surface area contributed by atoms with Crippen molar-refractivity contribution in [2.75, 3.05) is 0 Å². The Hall–Kier alpha value is -0.830. The van der Waals surface area contributed by atoms with Crippen LogP contribution in [0.4, 0.5) is 0 Å². The fourth-order valence-corrected chi connectivity index (χ4v) is 2.47. The predicted octanol–water partition coefficient (Wildman–Crippen LogP) is 4.46. The van der Waals surface area contributed by atoms with Gasteiger partial charge < -0.3 is 4.57 Å². The number of imidazole rings is 1. The van der Waals surface area contributed by atoms with Gasteiger partial charge in [-0.1, -0.05) is 35.8 Å². The van der Waals surface area contributed by atoms with Crippen LogP contribution < -0.4 is 0 Å².